The van der Waals surface area contributed by atoms with Crippen LogP contribution in [0.25, 0.3) is 0 Å². The maximum Gasteiger partial charge on any atom is 0.420 e. The van der Waals surface area contributed by atoms with Gasteiger partial charge < -0.3 is 25.3 Å². The Balaban J connectivity index is 0.000000241. The van der Waals surface area contributed by atoms with E-state index in [1.807, 2.05) is 24.3 Å². The number of halogens is 3. The molecule has 4 aromatic heterocycles. The normalized spacial score (nSPS) is 12.0. The molecule has 47 heavy (non-hydrogen) atoms. The van der Waals surface area contributed by atoms with Crippen LogP contribution in [0.3, 0.4) is 0 Å². The number of methoxy groups -OCH3 is 1. The lowest BCUT2D eigenvalue weighted by molar-refractivity contribution is -0.138. The molecule has 2 amide bonds. The molecule has 6 rings (SSSR count). The van der Waals surface area contributed by atoms with E-state index in [0.29, 0.717) is 48.3 Å². The first kappa shape index (κ1) is 32.5. The zero-order chi connectivity index (χ0) is 33.2. The van der Waals surface area contributed by atoms with E-state index in [9.17, 15) is 18.0 Å². The van der Waals surface area contributed by atoms with E-state index in [4.69, 9.17) is 19.9 Å². The fourth-order valence-corrected chi connectivity index (χ4v) is 4.50. The monoisotopic (exact) mass is 645 g/mol. The summed E-state index contributed by atoms with van der Waals surface area (Å²) in [6.07, 6.45) is 5.61. The van der Waals surface area contributed by atoms with Crippen molar-refractivity contribution in [3.05, 3.63) is 120 Å². The molecule has 0 unspecified atom stereocenters. The number of ether oxygens (including phenoxy) is 3. The minimum Gasteiger partial charge on any atom is -0.496 e. The summed E-state index contributed by atoms with van der Waals surface area (Å²) in [7, 11) is 1.19. The lowest BCUT2D eigenvalue weighted by Gasteiger charge is -2.20. The smallest absolute Gasteiger partial charge is 0.420 e. The molecule has 1 aliphatic rings. The Morgan fingerprint density at radius 3 is 1.98 bits per heavy atom. The number of nitrogen functional groups attached to an aromatic ring is 1. The largest absolute Gasteiger partial charge is 0.496 e. The zero-order valence-corrected chi connectivity index (χ0v) is 25.1. The average Bonchev–Trinajstić information content (AvgIpc) is 3.51. The van der Waals surface area contributed by atoms with Gasteiger partial charge in [-0.2, -0.15) is 13.2 Å². The van der Waals surface area contributed by atoms with E-state index in [0.717, 1.165) is 17.2 Å². The Kier molecular flexibility index (Phi) is 10.3. The minimum atomic E-state index is -4.60. The van der Waals surface area contributed by atoms with Crippen LogP contribution in [0.4, 0.5) is 35.0 Å². The molecule has 1 aliphatic heterocycles. The second-order valence-corrected chi connectivity index (χ2v) is 10.1. The van der Waals surface area contributed by atoms with Crippen LogP contribution in [0, 0.1) is 0 Å². The van der Waals surface area contributed by atoms with Crippen LogP contribution in [0.2, 0.25) is 0 Å². The molecule has 0 saturated carbocycles. The maximum absolute atomic E-state index is 13.4. The second kappa shape index (κ2) is 14.9. The van der Waals surface area contributed by atoms with Gasteiger partial charge in [-0.1, -0.05) is 0 Å². The zero-order valence-electron chi connectivity index (χ0n) is 25.1. The van der Waals surface area contributed by atoms with E-state index in [1.165, 1.54) is 24.3 Å². The van der Waals surface area contributed by atoms with Gasteiger partial charge >= 0.3 is 12.2 Å². The third kappa shape index (κ3) is 8.84. The number of nitrogens with two attached hydrogens (primary N) is 1. The Hall–Kier alpha value is -5.92. The van der Waals surface area contributed by atoms with E-state index < -0.39 is 17.8 Å². The summed E-state index contributed by atoms with van der Waals surface area (Å²) >= 11 is 0. The number of nitrogens with one attached hydrogen (secondary N) is 1. The summed E-state index contributed by atoms with van der Waals surface area (Å²) in [6, 6.07) is 15.9. The number of carbonyl (C=O) groups is 1. The lowest BCUT2D eigenvalue weighted by Crippen LogP contribution is -2.33. The summed E-state index contributed by atoms with van der Waals surface area (Å²) in [5.74, 6) is 0.680. The van der Waals surface area contributed by atoms with Crippen molar-refractivity contribution in [2.24, 2.45) is 0 Å². The number of alkyl halides is 3. The number of urea groups is 1. The molecule has 0 aliphatic carbocycles. The Morgan fingerprint density at radius 2 is 1.47 bits per heavy atom. The molecule has 11 nitrogen and oxygen atoms in total. The molecular weight excluding hydrogens is 615 g/mol. The molecule has 0 saturated heterocycles. The van der Waals surface area contributed by atoms with Gasteiger partial charge in [-0.05, 0) is 71.6 Å². The first-order valence-corrected chi connectivity index (χ1v) is 14.3. The topological polar surface area (TPSA) is 138 Å². The number of fused-ring (bicyclic) bond motifs is 1. The highest BCUT2D eigenvalue weighted by atomic mass is 19.4. The number of rotatable bonds is 8. The number of carbonyl (C=O) groups excluding carboxylic acids is 1. The van der Waals surface area contributed by atoms with Crippen molar-refractivity contribution in [1.29, 1.82) is 0 Å². The summed E-state index contributed by atoms with van der Waals surface area (Å²) in [6.45, 7) is 1.06. The Labute approximate surface area is 268 Å². The standard InChI is InChI=1S/C22H19F3N4O3.C11H11N3O/c1-31-19-10-15-6-9-29(18(15)11-17(19)22(23,24)25)21(30)28-16-2-3-20(27-12-16)32-13-14-4-7-26-8-5-14;12-10-1-2-11(14-7-10)15-8-9-3-5-13-6-4-9/h2-5,7-8,10-12H,6,9,13H2,1H3,(H,28,30);1-7H,8,12H2. The highest BCUT2D eigenvalue weighted by molar-refractivity contribution is 6.03. The number of benzene rings is 1. The predicted octanol–water partition coefficient (Wildman–Crippen LogP) is 6.32. The molecule has 5 aromatic rings. The van der Waals surface area contributed by atoms with Gasteiger partial charge in [0.2, 0.25) is 11.8 Å². The third-order valence-electron chi connectivity index (χ3n) is 6.87. The number of nitrogens with zero attached hydrogens (tertiary/aromatic N) is 5. The quantitative estimate of drug-likeness (QED) is 0.199. The molecule has 1 aromatic carbocycles. The first-order valence-electron chi connectivity index (χ1n) is 14.3. The fraction of sp³-hybridized carbons (Fsp3) is 0.182. The fourth-order valence-electron chi connectivity index (χ4n) is 4.50. The molecule has 242 valence electrons. The Bertz CT molecular complexity index is 1760. The highest BCUT2D eigenvalue weighted by Crippen LogP contribution is 2.42. The van der Waals surface area contributed by atoms with Crippen LogP contribution >= 0.6 is 0 Å². The molecule has 3 N–H and O–H groups in total. The predicted molar refractivity (Wildman–Crippen MR) is 168 cm³/mol. The lowest BCUT2D eigenvalue weighted by atomic mass is 10.1. The van der Waals surface area contributed by atoms with Gasteiger partial charge in [-0.25, -0.2) is 14.8 Å². The highest BCUT2D eigenvalue weighted by Gasteiger charge is 2.37. The van der Waals surface area contributed by atoms with Crippen molar-refractivity contribution < 1.29 is 32.2 Å². The van der Waals surface area contributed by atoms with Crippen molar-refractivity contribution in [3.8, 4) is 17.5 Å². The van der Waals surface area contributed by atoms with Crippen LogP contribution in [-0.2, 0) is 25.8 Å². The summed E-state index contributed by atoms with van der Waals surface area (Å²) in [5.41, 5.74) is 8.42. The number of amides is 2. The minimum absolute atomic E-state index is 0.209. The molecular formula is C33H30F3N7O4. The van der Waals surface area contributed by atoms with E-state index in [-0.39, 0.29) is 18.0 Å². The molecule has 0 spiro atoms. The van der Waals surface area contributed by atoms with Crippen molar-refractivity contribution in [2.45, 2.75) is 25.8 Å². The summed E-state index contributed by atoms with van der Waals surface area (Å²) in [4.78, 5) is 30.0. The number of aromatic nitrogens is 4. The number of hydrogen-bond acceptors (Lipinski definition) is 9. The van der Waals surface area contributed by atoms with Crippen LogP contribution in [0.5, 0.6) is 17.5 Å². The number of anilines is 3. The third-order valence-corrected chi connectivity index (χ3v) is 6.87. The van der Waals surface area contributed by atoms with Gasteiger partial charge in [-0.15, -0.1) is 0 Å². The van der Waals surface area contributed by atoms with Gasteiger partial charge in [-0.3, -0.25) is 14.9 Å². The maximum atomic E-state index is 13.4. The van der Waals surface area contributed by atoms with E-state index in [2.05, 4.69) is 25.3 Å². The van der Waals surface area contributed by atoms with Crippen molar-refractivity contribution in [1.82, 2.24) is 19.9 Å². The molecule has 5 heterocycles. The molecule has 0 fully saturated rings. The average molecular weight is 646 g/mol. The number of pyridine rings is 4. The van der Waals surface area contributed by atoms with Crippen LogP contribution < -0.4 is 30.2 Å². The van der Waals surface area contributed by atoms with Gasteiger partial charge in [0.05, 0.1) is 36.4 Å². The van der Waals surface area contributed by atoms with Gasteiger partial charge in [0.1, 0.15) is 19.0 Å². The summed E-state index contributed by atoms with van der Waals surface area (Å²) in [5, 5.41) is 2.66. The molecule has 0 radical (unpaired) electrons. The molecule has 0 bridgehead atoms. The first-order chi connectivity index (χ1) is 22.7. The Morgan fingerprint density at radius 1 is 0.872 bits per heavy atom. The van der Waals surface area contributed by atoms with Crippen LogP contribution in [0.1, 0.15) is 22.3 Å². The van der Waals surface area contributed by atoms with E-state index in [1.54, 1.807) is 55.2 Å². The van der Waals surface area contributed by atoms with Crippen LogP contribution in [-0.4, -0.2) is 39.6 Å². The van der Waals surface area contributed by atoms with Crippen molar-refractivity contribution >= 4 is 23.1 Å². The summed E-state index contributed by atoms with van der Waals surface area (Å²) < 4.78 is 56.0. The van der Waals surface area contributed by atoms with Crippen molar-refractivity contribution in [2.75, 3.05) is 29.6 Å². The molecule has 14 heteroatoms. The second-order valence-electron chi connectivity index (χ2n) is 10.1. The van der Waals surface area contributed by atoms with Gasteiger partial charge in [0.25, 0.3) is 0 Å². The SMILES string of the molecule is COc1cc2c(cc1C(F)(F)F)N(C(=O)Nc1ccc(OCc3ccncc3)nc1)CC2.Nc1ccc(OCc2ccncc2)nc1. The van der Waals surface area contributed by atoms with E-state index >= 15 is 0 Å². The van der Waals surface area contributed by atoms with Gasteiger partial charge in [0, 0.05) is 49.2 Å². The van der Waals surface area contributed by atoms with Gasteiger partial charge in [0.15, 0.2) is 0 Å². The number of hydrogen-bond donors (Lipinski definition) is 2. The van der Waals surface area contributed by atoms with Crippen LogP contribution in [0.15, 0.2) is 97.8 Å². The molecule has 0 atom stereocenters. The van der Waals surface area contributed by atoms with Crippen molar-refractivity contribution in [3.63, 3.8) is 0 Å².